The normalized spacial score (nSPS) is 14.9. The van der Waals surface area contributed by atoms with Crippen molar-refractivity contribution in [1.82, 2.24) is 0 Å². The molecule has 3 atom stereocenters. The number of allylic oxidation sites excluding steroid dienone is 5. The van der Waals surface area contributed by atoms with E-state index in [4.69, 9.17) is 19.5 Å². The van der Waals surface area contributed by atoms with Gasteiger partial charge < -0.3 is 20.5 Å². The maximum atomic E-state index is 12.0. The van der Waals surface area contributed by atoms with Crippen LogP contribution in [-0.2, 0) is 18.3 Å². The molecule has 47 heavy (non-hydrogen) atoms. The molecular weight excluding hydrogens is 609 g/mol. The zero-order chi connectivity index (χ0) is 34.5. The van der Waals surface area contributed by atoms with E-state index in [9.17, 15) is 14.6 Å². The van der Waals surface area contributed by atoms with Crippen LogP contribution in [-0.4, -0.2) is 48.6 Å². The smallest absolute Gasteiger partial charge is 0.394 e. The molecule has 4 N–H and O–H groups in total. The van der Waals surface area contributed by atoms with Gasteiger partial charge >= 0.3 is 7.82 Å². The van der Waals surface area contributed by atoms with Crippen LogP contribution in [0.5, 0.6) is 0 Å². The lowest BCUT2D eigenvalue weighted by atomic mass is 10.0. The van der Waals surface area contributed by atoms with E-state index in [-0.39, 0.29) is 32.5 Å². The van der Waals surface area contributed by atoms with Crippen molar-refractivity contribution in [3.63, 3.8) is 0 Å². The Morgan fingerprint density at radius 1 is 0.638 bits per heavy atom. The number of hydrogen-bond acceptors (Lipinski definition) is 6. The molecule has 0 aliphatic heterocycles. The fraction of sp³-hybridized carbons (Fsp3) is 0.846. The van der Waals surface area contributed by atoms with Gasteiger partial charge in [-0.2, -0.15) is 0 Å². The summed E-state index contributed by atoms with van der Waals surface area (Å²) in [5, 5.41) is 9.88. The number of aliphatic hydroxyl groups is 1. The van der Waals surface area contributed by atoms with Gasteiger partial charge in [-0.25, -0.2) is 4.57 Å². The minimum absolute atomic E-state index is 0.0737. The third-order valence-electron chi connectivity index (χ3n) is 8.38. The third kappa shape index (κ3) is 34.9. The van der Waals surface area contributed by atoms with Crippen LogP contribution in [0.3, 0.4) is 0 Å². The van der Waals surface area contributed by atoms with E-state index in [0.29, 0.717) is 0 Å². The van der Waals surface area contributed by atoms with Crippen LogP contribution < -0.4 is 5.73 Å². The molecule has 0 aromatic rings. The molecule has 0 bridgehead atoms. The summed E-state index contributed by atoms with van der Waals surface area (Å²) in [6.07, 6.45) is 43.6. The van der Waals surface area contributed by atoms with Crippen LogP contribution in [0.1, 0.15) is 174 Å². The lowest BCUT2D eigenvalue weighted by molar-refractivity contribution is -0.0491. The largest absolute Gasteiger partial charge is 0.472 e. The zero-order valence-electron chi connectivity index (χ0n) is 30.7. The van der Waals surface area contributed by atoms with Crippen LogP contribution in [0.2, 0.25) is 0 Å². The van der Waals surface area contributed by atoms with Gasteiger partial charge in [-0.05, 0) is 51.4 Å². The van der Waals surface area contributed by atoms with Crippen LogP contribution in [0.25, 0.3) is 0 Å². The number of phosphoric acid groups is 1. The highest BCUT2D eigenvalue weighted by molar-refractivity contribution is 7.47. The molecule has 278 valence electrons. The number of ether oxygens (including phenoxy) is 1. The number of nitrogens with two attached hydrogens (primary N) is 1. The van der Waals surface area contributed by atoms with Crippen molar-refractivity contribution < 1.29 is 28.3 Å². The molecule has 0 spiro atoms. The van der Waals surface area contributed by atoms with Gasteiger partial charge in [-0.1, -0.05) is 159 Å². The van der Waals surface area contributed by atoms with Crippen LogP contribution >= 0.6 is 7.82 Å². The van der Waals surface area contributed by atoms with E-state index in [1.807, 2.05) is 0 Å². The summed E-state index contributed by atoms with van der Waals surface area (Å²) in [7, 11) is -4.22. The molecule has 0 heterocycles. The highest BCUT2D eigenvalue weighted by Crippen LogP contribution is 2.43. The predicted molar refractivity (Wildman–Crippen MR) is 201 cm³/mol. The van der Waals surface area contributed by atoms with E-state index >= 15 is 0 Å². The molecule has 0 aromatic heterocycles. The Kier molecular flexibility index (Phi) is 35.9. The van der Waals surface area contributed by atoms with Crippen molar-refractivity contribution in [3.05, 3.63) is 36.5 Å². The Hall–Kier alpha value is -0.790. The first-order chi connectivity index (χ1) is 23.0. The Morgan fingerprint density at radius 3 is 1.64 bits per heavy atom. The lowest BCUT2D eigenvalue weighted by Crippen LogP contribution is -2.28. The molecule has 0 amide bonds. The predicted octanol–water partition coefficient (Wildman–Crippen LogP) is 11.3. The number of hydrogen-bond donors (Lipinski definition) is 3. The average Bonchev–Trinajstić information content (AvgIpc) is 3.07. The van der Waals surface area contributed by atoms with Crippen molar-refractivity contribution in [1.29, 1.82) is 0 Å². The Bertz CT molecular complexity index is 775. The lowest BCUT2D eigenvalue weighted by Gasteiger charge is -2.22. The van der Waals surface area contributed by atoms with E-state index in [1.54, 1.807) is 0 Å². The molecular formula is C39H76NO6P. The average molecular weight is 686 g/mol. The maximum absolute atomic E-state index is 12.0. The molecule has 2 unspecified atom stereocenters. The third-order valence-corrected chi connectivity index (χ3v) is 9.37. The van der Waals surface area contributed by atoms with Crippen molar-refractivity contribution in [2.45, 2.75) is 187 Å². The van der Waals surface area contributed by atoms with Gasteiger partial charge in [0.2, 0.25) is 0 Å². The van der Waals surface area contributed by atoms with Crippen molar-refractivity contribution in [2.75, 3.05) is 26.4 Å². The van der Waals surface area contributed by atoms with Gasteiger partial charge in [0.05, 0.1) is 25.9 Å². The highest BCUT2D eigenvalue weighted by atomic mass is 31.2. The van der Waals surface area contributed by atoms with Gasteiger partial charge in [-0.15, -0.1) is 0 Å². The first kappa shape index (κ1) is 46.2. The summed E-state index contributed by atoms with van der Waals surface area (Å²) in [6, 6.07) is 0. The van der Waals surface area contributed by atoms with Gasteiger partial charge in [0.15, 0.2) is 0 Å². The number of aliphatic hydroxyl groups excluding tert-OH is 1. The van der Waals surface area contributed by atoms with Gasteiger partial charge in [0, 0.05) is 6.54 Å². The van der Waals surface area contributed by atoms with Gasteiger partial charge in [0.1, 0.15) is 6.10 Å². The van der Waals surface area contributed by atoms with Crippen LogP contribution in [0, 0.1) is 0 Å². The standard InChI is InChI=1S/C39H76NO6P/c1-3-5-7-9-11-13-15-17-19-21-23-25-27-29-31-33-38(46-39(36-41)37-45-47(42,43)44-35-34-40)32-30-28-26-24-22-20-18-16-14-12-10-8-6-4-2/h11,13,17,19,30,32,38-39,41H,3-10,12,14-16,18,20-29,31,33-37,40H2,1-2H3,(H,42,43)/t38?,39-/m0/s1. The van der Waals surface area contributed by atoms with Crippen LogP contribution in [0.15, 0.2) is 36.5 Å². The monoisotopic (exact) mass is 686 g/mol. The minimum Gasteiger partial charge on any atom is -0.394 e. The number of rotatable bonds is 37. The Balaban J connectivity index is 4.40. The molecule has 0 radical (unpaired) electrons. The second-order valence-corrected chi connectivity index (χ2v) is 14.4. The summed E-state index contributed by atoms with van der Waals surface area (Å²) in [5.41, 5.74) is 5.35. The SMILES string of the molecule is CCCCCC=CCC=CCCCCCCCC(C=CCCCCCCCCCCCCCC)O[C@@H](CO)COP(=O)(O)OCCN. The van der Waals surface area contributed by atoms with Gasteiger partial charge in [0.25, 0.3) is 0 Å². The van der Waals surface area contributed by atoms with E-state index in [1.165, 1.54) is 122 Å². The molecule has 8 heteroatoms. The second-order valence-electron chi connectivity index (χ2n) is 13.0. The minimum atomic E-state index is -4.22. The van der Waals surface area contributed by atoms with Crippen LogP contribution in [0.4, 0.5) is 0 Å². The number of unbranched alkanes of at least 4 members (excludes halogenated alkanes) is 20. The summed E-state index contributed by atoms with van der Waals surface area (Å²) in [5.74, 6) is 0. The quantitative estimate of drug-likeness (QED) is 0.0339. The zero-order valence-corrected chi connectivity index (χ0v) is 31.6. The Morgan fingerprint density at radius 2 is 1.11 bits per heavy atom. The topological polar surface area (TPSA) is 111 Å². The highest BCUT2D eigenvalue weighted by Gasteiger charge is 2.24. The summed E-state index contributed by atoms with van der Waals surface area (Å²) >= 11 is 0. The molecule has 0 saturated heterocycles. The van der Waals surface area contributed by atoms with Crippen molar-refractivity contribution in [3.8, 4) is 0 Å². The summed E-state index contributed by atoms with van der Waals surface area (Å²) in [4.78, 5) is 9.82. The van der Waals surface area contributed by atoms with Gasteiger partial charge in [-0.3, -0.25) is 9.05 Å². The van der Waals surface area contributed by atoms with Crippen molar-refractivity contribution in [2.24, 2.45) is 5.73 Å². The molecule has 0 fully saturated rings. The fourth-order valence-corrected chi connectivity index (χ4v) is 6.25. The molecule has 0 aliphatic carbocycles. The number of phosphoric ester groups is 1. The van der Waals surface area contributed by atoms with E-state index in [0.717, 1.165) is 38.5 Å². The maximum Gasteiger partial charge on any atom is 0.472 e. The van der Waals surface area contributed by atoms with E-state index in [2.05, 4.69) is 50.3 Å². The van der Waals surface area contributed by atoms with E-state index < -0.39 is 13.9 Å². The first-order valence-corrected chi connectivity index (χ1v) is 21.0. The summed E-state index contributed by atoms with van der Waals surface area (Å²) < 4.78 is 28.0. The molecule has 0 aliphatic rings. The molecule has 0 rings (SSSR count). The summed E-state index contributed by atoms with van der Waals surface area (Å²) in [6.45, 7) is 4.03. The second kappa shape index (κ2) is 36.5. The van der Waals surface area contributed by atoms with Crippen molar-refractivity contribution >= 4 is 7.82 Å². The Labute approximate surface area is 290 Å². The molecule has 7 nitrogen and oxygen atoms in total. The first-order valence-electron chi connectivity index (χ1n) is 19.5. The molecule has 0 saturated carbocycles. The molecule has 0 aromatic carbocycles. The fourth-order valence-electron chi connectivity index (χ4n) is 5.48.